The van der Waals surface area contributed by atoms with Crippen molar-refractivity contribution in [2.45, 2.75) is 26.3 Å². The third kappa shape index (κ3) is 3.61. The lowest BCUT2D eigenvalue weighted by Gasteiger charge is -2.25. The molecule has 0 saturated heterocycles. The Kier molecular flexibility index (Phi) is 5.33. The van der Waals surface area contributed by atoms with Gasteiger partial charge in [-0.15, -0.1) is 0 Å². The zero-order valence-corrected chi connectivity index (χ0v) is 12.6. The van der Waals surface area contributed by atoms with Crippen molar-refractivity contribution in [3.05, 3.63) is 34.9 Å². The monoisotopic (exact) mass is 290 g/mol. The van der Waals surface area contributed by atoms with E-state index in [0.717, 1.165) is 31.5 Å². The molecule has 1 amide bonds. The van der Waals surface area contributed by atoms with Gasteiger partial charge in [0.15, 0.2) is 0 Å². The molecule has 1 heterocycles. The Morgan fingerprint density at radius 2 is 2.19 bits per heavy atom. The molecule has 0 aromatic heterocycles. The van der Waals surface area contributed by atoms with Gasteiger partial charge in [-0.1, -0.05) is 19.1 Å². The summed E-state index contributed by atoms with van der Waals surface area (Å²) in [6, 6.07) is 5.80. The average Bonchev–Trinajstić information content (AvgIpc) is 2.53. The van der Waals surface area contributed by atoms with E-state index in [0.29, 0.717) is 12.1 Å². The lowest BCUT2D eigenvalue weighted by Crippen LogP contribution is -2.38. The van der Waals surface area contributed by atoms with Gasteiger partial charge in [0.25, 0.3) is 5.91 Å². The van der Waals surface area contributed by atoms with Gasteiger partial charge in [-0.05, 0) is 36.6 Å². The second-order valence-corrected chi connectivity index (χ2v) is 5.17. The number of carbonyl (C=O) groups excluding carboxylic acids is 2. The molecule has 0 fully saturated rings. The Bertz CT molecular complexity index is 528. The molecule has 0 bridgehead atoms. The summed E-state index contributed by atoms with van der Waals surface area (Å²) in [5.74, 6) is -0.468. The first kappa shape index (κ1) is 15.5. The van der Waals surface area contributed by atoms with Gasteiger partial charge in [0.2, 0.25) is 0 Å². The van der Waals surface area contributed by atoms with E-state index in [1.807, 2.05) is 25.1 Å². The molecule has 114 valence electrons. The molecule has 0 aliphatic carbocycles. The minimum absolute atomic E-state index is 0.00505. The number of amides is 1. The number of methoxy groups -OCH3 is 1. The van der Waals surface area contributed by atoms with E-state index in [4.69, 9.17) is 0 Å². The van der Waals surface area contributed by atoms with E-state index >= 15 is 0 Å². The minimum atomic E-state index is -0.386. The van der Waals surface area contributed by atoms with Crippen molar-refractivity contribution < 1.29 is 14.3 Å². The van der Waals surface area contributed by atoms with Crippen LogP contribution in [0.2, 0.25) is 0 Å². The standard InChI is InChI=1S/C16H22N2O3/c1-3-9-18(11-15(19)21-2)16(20)14-6-4-5-12-10-17-8-7-13(12)14/h4-6,17H,3,7-11H2,1-2H3. The molecule has 1 aliphatic heterocycles. The number of fused-ring (bicyclic) bond motifs is 1. The first-order valence-electron chi connectivity index (χ1n) is 7.35. The Balaban J connectivity index is 2.26. The summed E-state index contributed by atoms with van der Waals surface area (Å²) in [6.45, 7) is 4.21. The van der Waals surface area contributed by atoms with Crippen LogP contribution in [-0.2, 0) is 22.5 Å². The maximum atomic E-state index is 12.8. The summed E-state index contributed by atoms with van der Waals surface area (Å²) < 4.78 is 4.68. The quantitative estimate of drug-likeness (QED) is 0.832. The largest absolute Gasteiger partial charge is 0.468 e. The summed E-state index contributed by atoms with van der Waals surface area (Å²) >= 11 is 0. The maximum absolute atomic E-state index is 12.8. The Hall–Kier alpha value is -1.88. The topological polar surface area (TPSA) is 58.6 Å². The van der Waals surface area contributed by atoms with E-state index in [-0.39, 0.29) is 18.4 Å². The fourth-order valence-electron chi connectivity index (χ4n) is 2.65. The summed E-state index contributed by atoms with van der Waals surface area (Å²) in [5, 5.41) is 3.30. The van der Waals surface area contributed by atoms with Crippen molar-refractivity contribution in [1.82, 2.24) is 10.2 Å². The first-order valence-corrected chi connectivity index (χ1v) is 7.35. The van der Waals surface area contributed by atoms with Gasteiger partial charge in [0.05, 0.1) is 7.11 Å². The normalized spacial score (nSPS) is 13.4. The van der Waals surface area contributed by atoms with Crippen molar-refractivity contribution in [1.29, 1.82) is 0 Å². The van der Waals surface area contributed by atoms with Crippen LogP contribution in [0.25, 0.3) is 0 Å². The van der Waals surface area contributed by atoms with Crippen molar-refractivity contribution in [2.24, 2.45) is 0 Å². The molecule has 0 spiro atoms. The van der Waals surface area contributed by atoms with Crippen LogP contribution in [0.1, 0.15) is 34.8 Å². The van der Waals surface area contributed by atoms with Crippen LogP contribution < -0.4 is 5.32 Å². The Morgan fingerprint density at radius 3 is 2.90 bits per heavy atom. The highest BCUT2D eigenvalue weighted by Crippen LogP contribution is 2.20. The SMILES string of the molecule is CCCN(CC(=O)OC)C(=O)c1cccc2c1CCNC2. The number of carbonyl (C=O) groups is 2. The fourth-order valence-corrected chi connectivity index (χ4v) is 2.65. The van der Waals surface area contributed by atoms with E-state index < -0.39 is 0 Å². The molecule has 0 saturated carbocycles. The molecule has 5 nitrogen and oxygen atoms in total. The molecule has 1 N–H and O–H groups in total. The molecule has 1 aromatic carbocycles. The molecule has 2 rings (SSSR count). The first-order chi connectivity index (χ1) is 10.2. The van der Waals surface area contributed by atoms with Gasteiger partial charge in [0.1, 0.15) is 6.54 Å². The third-order valence-corrected chi connectivity index (χ3v) is 3.70. The van der Waals surface area contributed by atoms with Gasteiger partial charge in [-0.2, -0.15) is 0 Å². The summed E-state index contributed by atoms with van der Waals surface area (Å²) in [4.78, 5) is 25.8. The average molecular weight is 290 g/mol. The number of esters is 1. The lowest BCUT2D eigenvalue weighted by molar-refractivity contribution is -0.141. The molecule has 0 atom stereocenters. The van der Waals surface area contributed by atoms with E-state index in [1.165, 1.54) is 12.7 Å². The number of nitrogens with one attached hydrogen (secondary N) is 1. The van der Waals surface area contributed by atoms with Gasteiger partial charge in [-0.3, -0.25) is 9.59 Å². The number of ether oxygens (including phenoxy) is 1. The predicted molar refractivity (Wildman–Crippen MR) is 80.1 cm³/mol. The molecule has 0 unspecified atom stereocenters. The summed E-state index contributed by atoms with van der Waals surface area (Å²) in [6.07, 6.45) is 1.65. The molecular weight excluding hydrogens is 268 g/mol. The smallest absolute Gasteiger partial charge is 0.325 e. The Morgan fingerprint density at radius 1 is 1.38 bits per heavy atom. The second kappa shape index (κ2) is 7.22. The predicted octanol–water partition coefficient (Wildman–Crippen LogP) is 1.36. The zero-order chi connectivity index (χ0) is 15.2. The maximum Gasteiger partial charge on any atom is 0.325 e. The van der Waals surface area contributed by atoms with Crippen LogP contribution in [0.5, 0.6) is 0 Å². The van der Waals surface area contributed by atoms with Gasteiger partial charge in [0, 0.05) is 18.7 Å². The van der Waals surface area contributed by atoms with E-state index in [9.17, 15) is 9.59 Å². The molecule has 1 aliphatic rings. The van der Waals surface area contributed by atoms with Gasteiger partial charge in [-0.25, -0.2) is 0 Å². The van der Waals surface area contributed by atoms with Gasteiger partial charge >= 0.3 is 5.97 Å². The van der Waals surface area contributed by atoms with Crippen molar-refractivity contribution in [3.8, 4) is 0 Å². The van der Waals surface area contributed by atoms with Crippen LogP contribution in [0.4, 0.5) is 0 Å². The fraction of sp³-hybridized carbons (Fsp3) is 0.500. The number of benzene rings is 1. The van der Waals surface area contributed by atoms with Crippen LogP contribution >= 0.6 is 0 Å². The molecular formula is C16H22N2O3. The van der Waals surface area contributed by atoms with Crippen molar-refractivity contribution in [2.75, 3.05) is 26.7 Å². The summed E-state index contributed by atoms with van der Waals surface area (Å²) in [5.41, 5.74) is 2.99. The highest BCUT2D eigenvalue weighted by molar-refractivity contribution is 5.97. The van der Waals surface area contributed by atoms with E-state index in [1.54, 1.807) is 4.90 Å². The number of hydrogen-bond acceptors (Lipinski definition) is 4. The molecule has 1 aromatic rings. The third-order valence-electron chi connectivity index (χ3n) is 3.70. The van der Waals surface area contributed by atoms with Crippen LogP contribution in [-0.4, -0.2) is 43.5 Å². The molecule has 0 radical (unpaired) electrons. The highest BCUT2D eigenvalue weighted by Gasteiger charge is 2.23. The second-order valence-electron chi connectivity index (χ2n) is 5.17. The van der Waals surface area contributed by atoms with Crippen LogP contribution in [0, 0.1) is 0 Å². The number of rotatable bonds is 5. The number of hydrogen-bond donors (Lipinski definition) is 1. The number of nitrogens with zero attached hydrogens (tertiary/aromatic N) is 1. The zero-order valence-electron chi connectivity index (χ0n) is 12.6. The van der Waals surface area contributed by atoms with E-state index in [2.05, 4.69) is 10.1 Å². The van der Waals surface area contributed by atoms with Crippen molar-refractivity contribution in [3.63, 3.8) is 0 Å². The van der Waals surface area contributed by atoms with Crippen molar-refractivity contribution >= 4 is 11.9 Å². The lowest BCUT2D eigenvalue weighted by atomic mass is 9.94. The molecule has 5 heteroatoms. The van der Waals surface area contributed by atoms with Crippen LogP contribution in [0.15, 0.2) is 18.2 Å². The van der Waals surface area contributed by atoms with Gasteiger partial charge < -0.3 is 15.0 Å². The highest BCUT2D eigenvalue weighted by atomic mass is 16.5. The minimum Gasteiger partial charge on any atom is -0.468 e. The van der Waals surface area contributed by atoms with Crippen LogP contribution in [0.3, 0.4) is 0 Å². The Labute approximate surface area is 125 Å². The summed E-state index contributed by atoms with van der Waals surface area (Å²) in [7, 11) is 1.34. The molecule has 21 heavy (non-hydrogen) atoms.